The van der Waals surface area contributed by atoms with Gasteiger partial charge in [-0.3, -0.25) is 4.79 Å². The summed E-state index contributed by atoms with van der Waals surface area (Å²) in [6.45, 7) is 0.224. The fraction of sp³-hybridized carbons (Fsp3) is 0.231. The van der Waals surface area contributed by atoms with Gasteiger partial charge in [0.2, 0.25) is 12.7 Å². The highest BCUT2D eigenvalue weighted by molar-refractivity contribution is 7.13. The Morgan fingerprint density at radius 3 is 3.10 bits per heavy atom. The molecule has 7 heteroatoms. The van der Waals surface area contributed by atoms with E-state index in [0.29, 0.717) is 11.6 Å². The second-order valence-electron chi connectivity index (χ2n) is 4.26. The lowest BCUT2D eigenvalue weighted by molar-refractivity contribution is -0.114. The van der Waals surface area contributed by atoms with Crippen LogP contribution in [0.25, 0.3) is 0 Å². The zero-order chi connectivity index (χ0) is 13.9. The van der Waals surface area contributed by atoms with Gasteiger partial charge in [0.25, 0.3) is 0 Å². The van der Waals surface area contributed by atoms with Gasteiger partial charge < -0.3 is 20.5 Å². The highest BCUT2D eigenvalue weighted by atomic mass is 32.1. The van der Waals surface area contributed by atoms with Gasteiger partial charge in [0.1, 0.15) is 0 Å². The van der Waals surface area contributed by atoms with Crippen molar-refractivity contribution in [1.82, 2.24) is 4.98 Å². The molecule has 6 nitrogen and oxygen atoms in total. The maximum atomic E-state index is 11.2. The fourth-order valence-electron chi connectivity index (χ4n) is 1.88. The van der Waals surface area contributed by atoms with Gasteiger partial charge in [0.05, 0.1) is 12.2 Å². The molecular formula is C13H13N3O3S. The Morgan fingerprint density at radius 2 is 2.25 bits per heavy atom. The van der Waals surface area contributed by atoms with E-state index in [-0.39, 0.29) is 19.2 Å². The molecule has 2 heterocycles. The van der Waals surface area contributed by atoms with Crippen molar-refractivity contribution in [1.29, 1.82) is 0 Å². The average Bonchev–Trinajstić information content (AvgIpc) is 3.07. The van der Waals surface area contributed by atoms with Crippen LogP contribution in [-0.4, -0.2) is 24.2 Å². The smallest absolute Gasteiger partial charge is 0.239 e. The summed E-state index contributed by atoms with van der Waals surface area (Å²) < 4.78 is 10.6. The number of benzene rings is 1. The molecule has 1 aliphatic rings. The highest BCUT2D eigenvalue weighted by Crippen LogP contribution is 2.33. The lowest BCUT2D eigenvalue weighted by Crippen LogP contribution is -2.21. The first-order chi connectivity index (χ1) is 9.74. The van der Waals surface area contributed by atoms with E-state index in [4.69, 9.17) is 15.2 Å². The number of carbonyl (C=O) groups excluding carboxylic acids is 1. The van der Waals surface area contributed by atoms with E-state index in [2.05, 4.69) is 10.3 Å². The average molecular weight is 291 g/mol. The predicted octanol–water partition coefficient (Wildman–Crippen LogP) is 1.36. The summed E-state index contributed by atoms with van der Waals surface area (Å²) in [5, 5.41) is 5.12. The lowest BCUT2D eigenvalue weighted by Gasteiger charge is -2.01. The minimum absolute atomic E-state index is 0.0446. The monoisotopic (exact) mass is 291 g/mol. The van der Waals surface area contributed by atoms with Crippen LogP contribution in [0.4, 0.5) is 5.13 Å². The van der Waals surface area contributed by atoms with Gasteiger partial charge in [-0.1, -0.05) is 6.07 Å². The first kappa shape index (κ1) is 12.9. The molecule has 3 rings (SSSR count). The van der Waals surface area contributed by atoms with Gasteiger partial charge in [-0.05, 0) is 17.7 Å². The maximum Gasteiger partial charge on any atom is 0.239 e. The number of nitrogens with zero attached hydrogens (tertiary/aromatic N) is 1. The molecular weight excluding hydrogens is 278 g/mol. The van der Waals surface area contributed by atoms with E-state index >= 15 is 0 Å². The lowest BCUT2D eigenvalue weighted by atomic mass is 10.1. The molecule has 20 heavy (non-hydrogen) atoms. The van der Waals surface area contributed by atoms with Crippen molar-refractivity contribution in [3.63, 3.8) is 0 Å². The second kappa shape index (κ2) is 5.48. The topological polar surface area (TPSA) is 86.5 Å². The molecule has 0 saturated heterocycles. The predicted molar refractivity (Wildman–Crippen MR) is 75.2 cm³/mol. The Hall–Kier alpha value is -2.12. The van der Waals surface area contributed by atoms with E-state index in [9.17, 15) is 4.79 Å². The van der Waals surface area contributed by atoms with E-state index < -0.39 is 0 Å². The summed E-state index contributed by atoms with van der Waals surface area (Å²) in [6.07, 6.45) is 0.672. The molecule has 0 saturated carbocycles. The van der Waals surface area contributed by atoms with Crippen LogP contribution in [0.5, 0.6) is 11.5 Å². The molecule has 0 radical (unpaired) electrons. The minimum Gasteiger partial charge on any atom is -0.454 e. The van der Waals surface area contributed by atoms with Gasteiger partial charge >= 0.3 is 0 Å². The molecule has 1 amide bonds. The Morgan fingerprint density at radius 1 is 1.40 bits per heavy atom. The number of thiazole rings is 1. The van der Waals surface area contributed by atoms with Crippen LogP contribution in [-0.2, 0) is 11.2 Å². The first-order valence-corrected chi connectivity index (χ1v) is 6.95. The quantitative estimate of drug-likeness (QED) is 0.888. The number of fused-ring (bicyclic) bond motifs is 1. The Balaban J connectivity index is 1.70. The molecule has 1 aliphatic heterocycles. The van der Waals surface area contributed by atoms with Gasteiger partial charge in [0, 0.05) is 11.8 Å². The number of nitrogens with two attached hydrogens (primary N) is 1. The van der Waals surface area contributed by atoms with Crippen molar-refractivity contribution in [3.8, 4) is 11.5 Å². The Bertz CT molecular complexity index is 642. The zero-order valence-corrected chi connectivity index (χ0v) is 11.4. The summed E-state index contributed by atoms with van der Waals surface area (Å²) in [7, 11) is 0. The van der Waals surface area contributed by atoms with Gasteiger partial charge in [-0.2, -0.15) is 0 Å². The maximum absolute atomic E-state index is 11.2. The number of rotatable bonds is 4. The minimum atomic E-state index is -0.242. The summed E-state index contributed by atoms with van der Waals surface area (Å²) in [5.41, 5.74) is 7.21. The molecule has 0 spiro atoms. The van der Waals surface area contributed by atoms with E-state index in [1.807, 2.05) is 23.6 Å². The van der Waals surface area contributed by atoms with E-state index in [1.54, 1.807) is 0 Å². The third kappa shape index (κ3) is 2.73. The second-order valence-corrected chi connectivity index (χ2v) is 5.12. The summed E-state index contributed by atoms with van der Waals surface area (Å²) >= 11 is 1.38. The van der Waals surface area contributed by atoms with Crippen LogP contribution >= 0.6 is 11.3 Å². The molecule has 0 unspecified atom stereocenters. The molecule has 1 aromatic carbocycles. The number of hydrogen-bond donors (Lipinski definition) is 2. The molecule has 104 valence electrons. The number of carbonyl (C=O) groups is 1. The summed E-state index contributed by atoms with van der Waals surface area (Å²) in [4.78, 5) is 15.5. The van der Waals surface area contributed by atoms with Crippen molar-refractivity contribution >= 4 is 22.4 Å². The van der Waals surface area contributed by atoms with Crippen molar-refractivity contribution in [2.24, 2.45) is 5.73 Å². The number of anilines is 1. The van der Waals surface area contributed by atoms with Crippen LogP contribution in [0.15, 0.2) is 23.6 Å². The Labute approximate surface area is 119 Å². The standard InChI is InChI=1S/C13H13N3O3S/c14-5-12(17)16-13-15-9(6-20-13)3-8-1-2-10-11(4-8)19-7-18-10/h1-2,4,6H,3,5,7,14H2,(H,15,16,17). The normalized spacial score (nSPS) is 12.4. The third-order valence-corrected chi connectivity index (χ3v) is 3.61. The van der Waals surface area contributed by atoms with Crippen LogP contribution < -0.4 is 20.5 Å². The number of amides is 1. The number of ether oxygens (including phenoxy) is 2. The molecule has 0 fully saturated rings. The van der Waals surface area contributed by atoms with Gasteiger partial charge in [-0.15, -0.1) is 11.3 Å². The van der Waals surface area contributed by atoms with Crippen molar-refractivity contribution in [2.75, 3.05) is 18.7 Å². The largest absolute Gasteiger partial charge is 0.454 e. The number of hydrogen-bond acceptors (Lipinski definition) is 6. The fourth-order valence-corrected chi connectivity index (χ4v) is 2.60. The first-order valence-electron chi connectivity index (χ1n) is 6.07. The molecule has 0 aliphatic carbocycles. The molecule has 2 aromatic rings. The van der Waals surface area contributed by atoms with Gasteiger partial charge in [0.15, 0.2) is 16.6 Å². The molecule has 0 atom stereocenters. The SMILES string of the molecule is NCC(=O)Nc1nc(Cc2ccc3c(c2)OCO3)cs1. The van der Waals surface area contributed by atoms with E-state index in [0.717, 1.165) is 22.8 Å². The van der Waals surface area contributed by atoms with Crippen molar-refractivity contribution < 1.29 is 14.3 Å². The van der Waals surface area contributed by atoms with Crippen LogP contribution in [0.1, 0.15) is 11.3 Å². The highest BCUT2D eigenvalue weighted by Gasteiger charge is 2.14. The number of aromatic nitrogens is 1. The van der Waals surface area contributed by atoms with Crippen LogP contribution in [0.2, 0.25) is 0 Å². The van der Waals surface area contributed by atoms with Crippen molar-refractivity contribution in [2.45, 2.75) is 6.42 Å². The third-order valence-electron chi connectivity index (χ3n) is 2.81. The molecule has 3 N–H and O–H groups in total. The van der Waals surface area contributed by atoms with E-state index in [1.165, 1.54) is 11.3 Å². The van der Waals surface area contributed by atoms with Crippen LogP contribution in [0, 0.1) is 0 Å². The Kier molecular flexibility index (Phi) is 3.53. The molecule has 0 bridgehead atoms. The molecule has 1 aromatic heterocycles. The van der Waals surface area contributed by atoms with Gasteiger partial charge in [-0.25, -0.2) is 4.98 Å². The number of nitrogens with one attached hydrogen (secondary N) is 1. The van der Waals surface area contributed by atoms with Crippen molar-refractivity contribution in [3.05, 3.63) is 34.8 Å². The summed E-state index contributed by atoms with van der Waals surface area (Å²) in [5.74, 6) is 1.28. The zero-order valence-electron chi connectivity index (χ0n) is 10.6. The summed E-state index contributed by atoms with van der Waals surface area (Å²) in [6, 6.07) is 5.81. The van der Waals surface area contributed by atoms with Crippen LogP contribution in [0.3, 0.4) is 0 Å².